The average Bonchev–Trinajstić information content (AvgIpc) is 3.00. The predicted octanol–water partition coefficient (Wildman–Crippen LogP) is 3.72. The van der Waals surface area contributed by atoms with Gasteiger partial charge in [0, 0.05) is 5.02 Å². The van der Waals surface area contributed by atoms with E-state index in [0.29, 0.717) is 10.8 Å². The van der Waals surface area contributed by atoms with Gasteiger partial charge in [-0.2, -0.15) is 4.68 Å². The quantitative estimate of drug-likeness (QED) is 0.705. The number of nitrogens with one attached hydrogen (secondary N) is 1. The Labute approximate surface area is 137 Å². The third kappa shape index (κ3) is 2.64. The standard InChI is InChI=1S/C13H9BrClN3O2S/c1-6-4-9(19)8(5-7(6)15)18-13(20)16-12(17-18)10-2-3-11(14)21-10/h2-5,19H,1H3,(H,16,17,20). The summed E-state index contributed by atoms with van der Waals surface area (Å²) in [7, 11) is 0. The third-order valence-electron chi connectivity index (χ3n) is 2.91. The van der Waals surface area contributed by atoms with Crippen molar-refractivity contribution in [1.82, 2.24) is 14.8 Å². The maximum atomic E-state index is 12.1. The minimum Gasteiger partial charge on any atom is -0.506 e. The van der Waals surface area contributed by atoms with Crippen LogP contribution in [0.5, 0.6) is 5.75 Å². The van der Waals surface area contributed by atoms with Crippen molar-refractivity contribution >= 4 is 38.9 Å². The number of aromatic nitrogens is 3. The first kappa shape index (κ1) is 14.4. The Morgan fingerprint density at radius 2 is 2.19 bits per heavy atom. The van der Waals surface area contributed by atoms with Gasteiger partial charge in [-0.15, -0.1) is 16.4 Å². The van der Waals surface area contributed by atoms with Crippen LogP contribution < -0.4 is 5.69 Å². The molecule has 2 heterocycles. The SMILES string of the molecule is Cc1cc(O)c(-n2nc(-c3ccc(Br)s3)[nH]c2=O)cc1Cl. The fraction of sp³-hybridized carbons (Fsp3) is 0.0769. The lowest BCUT2D eigenvalue weighted by Crippen LogP contribution is -2.16. The van der Waals surface area contributed by atoms with Crippen LogP contribution in [0.3, 0.4) is 0 Å². The molecule has 108 valence electrons. The lowest BCUT2D eigenvalue weighted by Gasteiger charge is -2.05. The Hall–Kier alpha value is -1.57. The van der Waals surface area contributed by atoms with Crippen molar-refractivity contribution in [2.45, 2.75) is 6.92 Å². The van der Waals surface area contributed by atoms with Crippen LogP contribution in [-0.2, 0) is 0 Å². The summed E-state index contributed by atoms with van der Waals surface area (Å²) >= 11 is 10.9. The van der Waals surface area contributed by atoms with Gasteiger partial charge in [-0.25, -0.2) is 4.79 Å². The maximum Gasteiger partial charge on any atom is 0.348 e. The molecule has 8 heteroatoms. The number of halogens is 2. The Morgan fingerprint density at radius 1 is 1.43 bits per heavy atom. The van der Waals surface area contributed by atoms with Crippen LogP contribution in [0, 0.1) is 6.92 Å². The summed E-state index contributed by atoms with van der Waals surface area (Å²) in [6.07, 6.45) is 0. The van der Waals surface area contributed by atoms with Gasteiger partial charge in [0.1, 0.15) is 11.4 Å². The topological polar surface area (TPSA) is 70.9 Å². The molecule has 1 aromatic carbocycles. The van der Waals surface area contributed by atoms with Crippen molar-refractivity contribution in [2.24, 2.45) is 0 Å². The zero-order valence-corrected chi connectivity index (χ0v) is 13.9. The summed E-state index contributed by atoms with van der Waals surface area (Å²) in [6.45, 7) is 1.77. The fourth-order valence-corrected chi connectivity index (χ4v) is 3.35. The lowest BCUT2D eigenvalue weighted by molar-refractivity contribution is 0.469. The van der Waals surface area contributed by atoms with Crippen molar-refractivity contribution in [3.63, 3.8) is 0 Å². The third-order valence-corrected chi connectivity index (χ3v) is 4.95. The van der Waals surface area contributed by atoms with Gasteiger partial charge in [-0.05, 0) is 52.7 Å². The molecule has 0 radical (unpaired) electrons. The lowest BCUT2D eigenvalue weighted by atomic mass is 10.2. The van der Waals surface area contributed by atoms with Crippen LogP contribution in [-0.4, -0.2) is 19.9 Å². The molecule has 0 bridgehead atoms. The first-order chi connectivity index (χ1) is 9.95. The minimum absolute atomic E-state index is 0.0515. The highest BCUT2D eigenvalue weighted by Gasteiger charge is 2.14. The van der Waals surface area contributed by atoms with E-state index >= 15 is 0 Å². The molecule has 0 aliphatic rings. The van der Waals surface area contributed by atoms with Gasteiger partial charge in [-0.3, -0.25) is 4.98 Å². The number of phenols is 1. The van der Waals surface area contributed by atoms with Crippen LogP contribution >= 0.6 is 38.9 Å². The number of hydrogen-bond donors (Lipinski definition) is 2. The Bertz CT molecular complexity index is 884. The van der Waals surface area contributed by atoms with E-state index in [2.05, 4.69) is 26.0 Å². The molecule has 0 aliphatic carbocycles. The molecule has 0 unspecified atom stereocenters. The molecule has 0 spiro atoms. The van der Waals surface area contributed by atoms with Crippen LogP contribution in [0.15, 0.2) is 32.8 Å². The fourth-order valence-electron chi connectivity index (χ4n) is 1.87. The van der Waals surface area contributed by atoms with E-state index in [1.165, 1.54) is 23.5 Å². The molecule has 21 heavy (non-hydrogen) atoms. The Kier molecular flexibility index (Phi) is 3.64. The van der Waals surface area contributed by atoms with E-state index in [-0.39, 0.29) is 11.4 Å². The maximum absolute atomic E-state index is 12.1. The number of aromatic hydroxyl groups is 1. The van der Waals surface area contributed by atoms with Crippen molar-refractivity contribution in [1.29, 1.82) is 0 Å². The van der Waals surface area contributed by atoms with Crippen LogP contribution in [0.1, 0.15) is 5.56 Å². The second kappa shape index (κ2) is 5.32. The molecule has 0 amide bonds. The molecular weight excluding hydrogens is 378 g/mol. The van der Waals surface area contributed by atoms with E-state index in [1.807, 2.05) is 12.1 Å². The number of aryl methyl sites for hydroxylation is 1. The van der Waals surface area contributed by atoms with Gasteiger partial charge >= 0.3 is 5.69 Å². The zero-order valence-electron chi connectivity index (χ0n) is 10.7. The average molecular weight is 387 g/mol. The first-order valence-corrected chi connectivity index (χ1v) is 7.89. The molecule has 0 saturated heterocycles. The highest BCUT2D eigenvalue weighted by molar-refractivity contribution is 9.11. The molecule has 0 atom stereocenters. The number of benzene rings is 1. The molecule has 0 aliphatic heterocycles. The van der Waals surface area contributed by atoms with Crippen LogP contribution in [0.2, 0.25) is 5.02 Å². The van der Waals surface area contributed by atoms with Gasteiger partial charge in [0.2, 0.25) is 0 Å². The predicted molar refractivity (Wildman–Crippen MR) is 86.6 cm³/mol. The van der Waals surface area contributed by atoms with Gasteiger partial charge in [0.15, 0.2) is 5.82 Å². The van der Waals surface area contributed by atoms with Crippen molar-refractivity contribution in [3.8, 4) is 22.1 Å². The molecule has 2 N–H and O–H groups in total. The molecule has 0 fully saturated rings. The van der Waals surface area contributed by atoms with E-state index in [1.54, 1.807) is 6.92 Å². The Balaban J connectivity index is 2.14. The van der Waals surface area contributed by atoms with Gasteiger partial charge in [0.05, 0.1) is 8.66 Å². The second-order valence-electron chi connectivity index (χ2n) is 4.38. The zero-order chi connectivity index (χ0) is 15.1. The summed E-state index contributed by atoms with van der Waals surface area (Å²) < 4.78 is 2.04. The van der Waals surface area contributed by atoms with Crippen molar-refractivity contribution < 1.29 is 5.11 Å². The number of H-pyrrole nitrogens is 1. The van der Waals surface area contributed by atoms with Gasteiger partial charge in [-0.1, -0.05) is 11.6 Å². The minimum atomic E-state index is -0.440. The number of thiophene rings is 1. The summed E-state index contributed by atoms with van der Waals surface area (Å²) in [6, 6.07) is 6.74. The van der Waals surface area contributed by atoms with E-state index < -0.39 is 5.69 Å². The highest BCUT2D eigenvalue weighted by atomic mass is 79.9. The number of hydrogen-bond acceptors (Lipinski definition) is 4. The number of aromatic amines is 1. The smallest absolute Gasteiger partial charge is 0.348 e. The molecule has 3 aromatic rings. The van der Waals surface area contributed by atoms with Gasteiger partial charge < -0.3 is 5.11 Å². The molecular formula is C13H9BrClN3O2S. The summed E-state index contributed by atoms with van der Waals surface area (Å²) in [5, 5.41) is 14.7. The number of phenolic OH excluding ortho intramolecular Hbond substituents is 1. The van der Waals surface area contributed by atoms with Gasteiger partial charge in [0.25, 0.3) is 0 Å². The normalized spacial score (nSPS) is 11.0. The molecule has 3 rings (SSSR count). The van der Waals surface area contributed by atoms with Crippen LogP contribution in [0.4, 0.5) is 0 Å². The molecule has 2 aromatic heterocycles. The summed E-state index contributed by atoms with van der Waals surface area (Å²) in [4.78, 5) is 15.5. The largest absolute Gasteiger partial charge is 0.506 e. The monoisotopic (exact) mass is 385 g/mol. The molecule has 5 nitrogen and oxygen atoms in total. The Morgan fingerprint density at radius 3 is 2.86 bits per heavy atom. The van der Waals surface area contributed by atoms with E-state index in [4.69, 9.17) is 11.6 Å². The number of nitrogens with zero attached hydrogens (tertiary/aromatic N) is 2. The highest BCUT2D eigenvalue weighted by Crippen LogP contribution is 2.30. The van der Waals surface area contributed by atoms with E-state index in [9.17, 15) is 9.90 Å². The number of rotatable bonds is 2. The van der Waals surface area contributed by atoms with E-state index in [0.717, 1.165) is 18.9 Å². The van der Waals surface area contributed by atoms with Crippen LogP contribution in [0.25, 0.3) is 16.4 Å². The summed E-state index contributed by atoms with van der Waals surface area (Å²) in [5.74, 6) is 0.385. The first-order valence-electron chi connectivity index (χ1n) is 5.90. The molecule has 0 saturated carbocycles. The summed E-state index contributed by atoms with van der Waals surface area (Å²) in [5.41, 5.74) is 0.530. The second-order valence-corrected chi connectivity index (χ2v) is 7.25. The van der Waals surface area contributed by atoms with Crippen molar-refractivity contribution in [2.75, 3.05) is 0 Å². The van der Waals surface area contributed by atoms with Crippen molar-refractivity contribution in [3.05, 3.63) is 49.1 Å².